The number of aryl methyl sites for hydroxylation is 1. The fourth-order valence-corrected chi connectivity index (χ4v) is 4.21. The summed E-state index contributed by atoms with van der Waals surface area (Å²) < 4.78 is 14.1. The van der Waals surface area contributed by atoms with Gasteiger partial charge in [-0.1, -0.05) is 18.2 Å². The van der Waals surface area contributed by atoms with Crippen LogP contribution >= 0.6 is 0 Å². The molecule has 0 spiro atoms. The van der Waals surface area contributed by atoms with E-state index in [1.165, 1.54) is 7.11 Å². The highest BCUT2D eigenvalue weighted by Crippen LogP contribution is 2.40. The molecule has 0 aliphatic heterocycles. The molecule has 1 saturated carbocycles. The molecule has 1 aliphatic carbocycles. The Bertz CT molecular complexity index is 1180. The van der Waals surface area contributed by atoms with E-state index in [0.29, 0.717) is 23.0 Å². The molecule has 4 rings (SSSR count). The van der Waals surface area contributed by atoms with Crippen molar-refractivity contribution in [2.24, 2.45) is 7.05 Å². The van der Waals surface area contributed by atoms with Crippen LogP contribution in [-0.2, 0) is 16.5 Å². The maximum Gasteiger partial charge on any atom is 0.340 e. The Kier molecular flexibility index (Phi) is 4.97. The maximum atomic E-state index is 13.0. The molecule has 7 nitrogen and oxygen atoms in total. The van der Waals surface area contributed by atoms with Crippen molar-refractivity contribution in [3.8, 4) is 0 Å². The first-order valence-electron chi connectivity index (χ1n) is 9.89. The van der Waals surface area contributed by atoms with Crippen LogP contribution in [0.3, 0.4) is 0 Å². The molecule has 2 heterocycles. The topological polar surface area (TPSA) is 79.5 Å². The molecule has 0 bridgehead atoms. The van der Waals surface area contributed by atoms with Gasteiger partial charge in [-0.3, -0.25) is 4.79 Å². The van der Waals surface area contributed by atoms with Crippen LogP contribution in [0.5, 0.6) is 0 Å². The molecule has 1 aliphatic rings. The van der Waals surface area contributed by atoms with Gasteiger partial charge < -0.3 is 18.6 Å². The Labute approximate surface area is 174 Å². The van der Waals surface area contributed by atoms with E-state index in [4.69, 9.17) is 9.47 Å². The van der Waals surface area contributed by atoms with Crippen LogP contribution in [-0.4, -0.2) is 40.6 Å². The lowest BCUT2D eigenvalue weighted by Crippen LogP contribution is -2.17. The van der Waals surface area contributed by atoms with Crippen molar-refractivity contribution in [2.45, 2.75) is 32.7 Å². The van der Waals surface area contributed by atoms with Gasteiger partial charge in [-0.25, -0.2) is 9.59 Å². The minimum absolute atomic E-state index is 0.258. The number of para-hydroxylation sites is 1. The highest BCUT2D eigenvalue weighted by atomic mass is 16.5. The lowest BCUT2D eigenvalue weighted by molar-refractivity contribution is 0.0475. The zero-order valence-corrected chi connectivity index (χ0v) is 17.5. The van der Waals surface area contributed by atoms with E-state index in [9.17, 15) is 14.4 Å². The number of hydrogen-bond donors (Lipinski definition) is 0. The van der Waals surface area contributed by atoms with Crippen LogP contribution in [0.1, 0.15) is 61.3 Å². The van der Waals surface area contributed by atoms with Crippen molar-refractivity contribution in [1.82, 2.24) is 9.13 Å². The molecule has 7 heteroatoms. The number of carbonyl (C=O) groups excluding carboxylic acids is 3. The number of fused-ring (bicyclic) bond motifs is 1. The highest BCUT2D eigenvalue weighted by Gasteiger charge is 2.34. The number of hydrogen-bond acceptors (Lipinski definition) is 5. The SMILES string of the molecule is COC(=O)c1c(C(=O)COC(=O)c2cn(C)c3ccccc23)c(C)n(C2CC2)c1C. The Balaban J connectivity index is 1.60. The predicted octanol–water partition coefficient (Wildman–Crippen LogP) is 3.76. The van der Waals surface area contributed by atoms with Gasteiger partial charge in [0, 0.05) is 41.6 Å². The van der Waals surface area contributed by atoms with Gasteiger partial charge in [-0.05, 0) is 32.8 Å². The maximum absolute atomic E-state index is 13.0. The van der Waals surface area contributed by atoms with E-state index in [1.54, 1.807) is 6.20 Å². The van der Waals surface area contributed by atoms with Crippen LogP contribution in [0.2, 0.25) is 0 Å². The molecular weight excluding hydrogens is 384 g/mol. The summed E-state index contributed by atoms with van der Waals surface area (Å²) in [6, 6.07) is 7.79. The first-order chi connectivity index (χ1) is 14.3. The number of carbonyl (C=O) groups is 3. The Morgan fingerprint density at radius 3 is 2.37 bits per heavy atom. The molecule has 3 aromatic rings. The number of methoxy groups -OCH3 is 1. The second-order valence-electron chi connectivity index (χ2n) is 7.68. The first kappa shape index (κ1) is 19.9. The summed E-state index contributed by atoms with van der Waals surface area (Å²) >= 11 is 0. The molecule has 156 valence electrons. The molecule has 0 amide bonds. The minimum atomic E-state index is -0.573. The van der Waals surface area contributed by atoms with Gasteiger partial charge in [0.25, 0.3) is 0 Å². The fourth-order valence-electron chi connectivity index (χ4n) is 4.21. The summed E-state index contributed by atoms with van der Waals surface area (Å²) in [5.41, 5.74) is 3.26. The van der Waals surface area contributed by atoms with Gasteiger partial charge >= 0.3 is 11.9 Å². The zero-order chi connectivity index (χ0) is 21.6. The summed E-state index contributed by atoms with van der Waals surface area (Å²) in [5, 5.41) is 0.764. The average Bonchev–Trinajstić information content (AvgIpc) is 3.46. The Morgan fingerprint density at radius 1 is 1.03 bits per heavy atom. The lowest BCUT2D eigenvalue weighted by Gasteiger charge is -2.07. The van der Waals surface area contributed by atoms with Crippen LogP contribution in [0.4, 0.5) is 0 Å². The summed E-state index contributed by atoms with van der Waals surface area (Å²) in [6.45, 7) is 3.19. The molecule has 0 radical (unpaired) electrons. The van der Waals surface area contributed by atoms with E-state index < -0.39 is 24.3 Å². The van der Waals surface area contributed by atoms with Gasteiger partial charge in [-0.15, -0.1) is 0 Å². The molecule has 0 atom stereocenters. The molecule has 30 heavy (non-hydrogen) atoms. The van der Waals surface area contributed by atoms with Crippen LogP contribution in [0.15, 0.2) is 30.5 Å². The summed E-state index contributed by atoms with van der Waals surface area (Å²) in [7, 11) is 3.14. The molecule has 0 N–H and O–H groups in total. The summed E-state index contributed by atoms with van der Waals surface area (Å²) in [4.78, 5) is 38.1. The van der Waals surface area contributed by atoms with Gasteiger partial charge in [0.1, 0.15) is 0 Å². The largest absolute Gasteiger partial charge is 0.465 e. The van der Waals surface area contributed by atoms with E-state index in [-0.39, 0.29) is 11.1 Å². The molecule has 2 aromatic heterocycles. The highest BCUT2D eigenvalue weighted by molar-refractivity contribution is 6.10. The van der Waals surface area contributed by atoms with E-state index in [0.717, 1.165) is 23.7 Å². The van der Waals surface area contributed by atoms with Gasteiger partial charge in [0.05, 0.1) is 23.8 Å². The normalized spacial score (nSPS) is 13.5. The van der Waals surface area contributed by atoms with Crippen LogP contribution < -0.4 is 0 Å². The first-order valence-corrected chi connectivity index (χ1v) is 9.89. The number of ether oxygens (including phenoxy) is 2. The predicted molar refractivity (Wildman–Crippen MR) is 111 cm³/mol. The van der Waals surface area contributed by atoms with Gasteiger partial charge in [-0.2, -0.15) is 0 Å². The second kappa shape index (κ2) is 7.48. The number of aromatic nitrogens is 2. The summed E-state index contributed by atoms with van der Waals surface area (Å²) in [6.07, 6.45) is 3.72. The second-order valence-corrected chi connectivity index (χ2v) is 7.68. The Hall–Kier alpha value is -3.35. The third kappa shape index (κ3) is 3.20. The minimum Gasteiger partial charge on any atom is -0.465 e. The number of esters is 2. The van der Waals surface area contributed by atoms with E-state index in [1.807, 2.05) is 54.3 Å². The smallest absolute Gasteiger partial charge is 0.340 e. The van der Waals surface area contributed by atoms with Crippen molar-refractivity contribution in [1.29, 1.82) is 0 Å². The molecule has 1 fully saturated rings. The van der Waals surface area contributed by atoms with E-state index in [2.05, 4.69) is 0 Å². The van der Waals surface area contributed by atoms with Crippen molar-refractivity contribution < 1.29 is 23.9 Å². The number of rotatable bonds is 6. The van der Waals surface area contributed by atoms with Gasteiger partial charge in [0.2, 0.25) is 5.78 Å². The third-order valence-electron chi connectivity index (χ3n) is 5.73. The quantitative estimate of drug-likeness (QED) is 0.458. The number of Topliss-reactive ketones (excluding diaryl/α,β-unsaturated/α-hetero) is 1. The Morgan fingerprint density at radius 2 is 1.70 bits per heavy atom. The zero-order valence-electron chi connectivity index (χ0n) is 17.5. The number of ketones is 1. The van der Waals surface area contributed by atoms with Crippen LogP contribution in [0, 0.1) is 13.8 Å². The molecule has 0 unspecified atom stereocenters. The standard InChI is InChI=1S/C23H24N2O5/c1-13-20(21(23(28)29-4)14(2)25(13)15-9-10-15)19(26)12-30-22(27)17-11-24(3)18-8-6-5-7-16(17)18/h5-8,11,15H,9-10,12H2,1-4H3. The molecule has 0 saturated heterocycles. The monoisotopic (exact) mass is 408 g/mol. The number of nitrogens with zero attached hydrogens (tertiary/aromatic N) is 2. The van der Waals surface area contributed by atoms with Crippen LogP contribution in [0.25, 0.3) is 10.9 Å². The molecule has 1 aromatic carbocycles. The van der Waals surface area contributed by atoms with Gasteiger partial charge in [0.15, 0.2) is 6.61 Å². The summed E-state index contributed by atoms with van der Waals surface area (Å²) in [5.74, 6) is -1.54. The van der Waals surface area contributed by atoms with E-state index >= 15 is 0 Å². The average molecular weight is 408 g/mol. The molecular formula is C23H24N2O5. The van der Waals surface area contributed by atoms with Crippen molar-refractivity contribution >= 4 is 28.6 Å². The van der Waals surface area contributed by atoms with Crippen molar-refractivity contribution in [3.63, 3.8) is 0 Å². The van der Waals surface area contributed by atoms with Crippen molar-refractivity contribution in [2.75, 3.05) is 13.7 Å². The lowest BCUT2D eigenvalue weighted by atomic mass is 10.1. The van der Waals surface area contributed by atoms with Crippen molar-refractivity contribution in [3.05, 3.63) is 58.5 Å². The fraction of sp³-hybridized carbons (Fsp3) is 0.348. The number of benzene rings is 1. The third-order valence-corrected chi connectivity index (χ3v) is 5.73.